The number of anilines is 1. The van der Waals surface area contributed by atoms with Gasteiger partial charge in [-0.2, -0.15) is 0 Å². The molecule has 0 spiro atoms. The molecule has 0 saturated carbocycles. The molecule has 1 atom stereocenters. The molecular formula is C24H20ClN3O4S. The van der Waals surface area contributed by atoms with Gasteiger partial charge in [-0.3, -0.25) is 14.5 Å². The summed E-state index contributed by atoms with van der Waals surface area (Å²) in [5, 5.41) is 10.4. The second-order valence-electron chi connectivity index (χ2n) is 7.65. The molecule has 0 N–H and O–H groups in total. The van der Waals surface area contributed by atoms with E-state index in [2.05, 4.69) is 10.2 Å². The van der Waals surface area contributed by atoms with E-state index in [4.69, 9.17) is 20.8 Å². The average molecular weight is 482 g/mol. The maximum Gasteiger partial charge on any atom is 0.297 e. The fourth-order valence-electron chi connectivity index (χ4n) is 3.94. The number of fused-ring (bicyclic) bond motifs is 2. The zero-order valence-corrected chi connectivity index (χ0v) is 19.6. The Hall–Kier alpha value is -3.23. The summed E-state index contributed by atoms with van der Waals surface area (Å²) in [5.41, 5.74) is 0.992. The molecule has 0 bridgehead atoms. The number of benzene rings is 2. The van der Waals surface area contributed by atoms with Crippen molar-refractivity contribution in [3.63, 3.8) is 0 Å². The first-order chi connectivity index (χ1) is 16.0. The van der Waals surface area contributed by atoms with Crippen LogP contribution in [0, 0.1) is 0 Å². The molecule has 1 aliphatic heterocycles. The fourth-order valence-corrected chi connectivity index (χ4v) is 4.91. The van der Waals surface area contributed by atoms with Crippen molar-refractivity contribution in [1.82, 2.24) is 10.2 Å². The van der Waals surface area contributed by atoms with Crippen LogP contribution in [-0.2, 0) is 6.42 Å². The van der Waals surface area contributed by atoms with E-state index in [1.165, 1.54) is 16.2 Å². The first-order valence-corrected chi connectivity index (χ1v) is 11.9. The van der Waals surface area contributed by atoms with Crippen LogP contribution in [0.15, 0.2) is 51.7 Å². The third-order valence-corrected chi connectivity index (χ3v) is 6.75. The molecule has 33 heavy (non-hydrogen) atoms. The van der Waals surface area contributed by atoms with E-state index in [1.807, 2.05) is 38.1 Å². The molecule has 0 saturated heterocycles. The first kappa shape index (κ1) is 21.6. The number of aryl methyl sites for hydroxylation is 1. The number of hydrogen-bond acceptors (Lipinski definition) is 7. The standard InChI is InChI=1S/C24H20ClN3O4S/c1-3-10-31-15-7-5-6-13(11-15)20-19-21(29)16-12-14(25)8-9-17(16)32-22(19)23(30)28(20)24-27-26-18(4-2)33-24/h5-9,11-12,20H,3-4,10H2,1-2H3. The minimum Gasteiger partial charge on any atom is -0.494 e. The molecule has 5 rings (SSSR count). The number of nitrogens with zero attached hydrogens (tertiary/aromatic N) is 3. The molecule has 0 fully saturated rings. The minimum atomic E-state index is -0.727. The lowest BCUT2D eigenvalue weighted by atomic mass is 9.98. The van der Waals surface area contributed by atoms with Crippen molar-refractivity contribution in [3.8, 4) is 5.75 Å². The number of carbonyl (C=O) groups excluding carboxylic acids is 1. The highest BCUT2D eigenvalue weighted by molar-refractivity contribution is 7.15. The van der Waals surface area contributed by atoms with Crippen molar-refractivity contribution in [2.24, 2.45) is 0 Å². The Morgan fingerprint density at radius 3 is 2.76 bits per heavy atom. The smallest absolute Gasteiger partial charge is 0.297 e. The van der Waals surface area contributed by atoms with Crippen molar-refractivity contribution in [3.05, 3.63) is 79.6 Å². The van der Waals surface area contributed by atoms with Crippen LogP contribution in [0.3, 0.4) is 0 Å². The lowest BCUT2D eigenvalue weighted by molar-refractivity contribution is 0.0970. The predicted octanol–water partition coefficient (Wildman–Crippen LogP) is 5.40. The van der Waals surface area contributed by atoms with Crippen LogP contribution in [-0.4, -0.2) is 22.7 Å². The fraction of sp³-hybridized carbons (Fsp3) is 0.250. The second kappa shape index (κ2) is 8.61. The summed E-state index contributed by atoms with van der Waals surface area (Å²) in [6, 6.07) is 11.5. The largest absolute Gasteiger partial charge is 0.494 e. The summed E-state index contributed by atoms with van der Waals surface area (Å²) in [6.07, 6.45) is 1.55. The van der Waals surface area contributed by atoms with Crippen LogP contribution in [0.4, 0.5) is 5.13 Å². The molecule has 0 aliphatic carbocycles. The third-order valence-electron chi connectivity index (χ3n) is 5.44. The van der Waals surface area contributed by atoms with E-state index in [9.17, 15) is 9.59 Å². The van der Waals surface area contributed by atoms with Gasteiger partial charge >= 0.3 is 0 Å². The van der Waals surface area contributed by atoms with Gasteiger partial charge in [-0.15, -0.1) is 10.2 Å². The minimum absolute atomic E-state index is 0.00736. The Bertz CT molecular complexity index is 1430. The molecule has 0 radical (unpaired) electrons. The van der Waals surface area contributed by atoms with Crippen LogP contribution >= 0.6 is 22.9 Å². The van der Waals surface area contributed by atoms with Crippen LogP contribution in [0.5, 0.6) is 5.75 Å². The topological polar surface area (TPSA) is 85.5 Å². The lowest BCUT2D eigenvalue weighted by Gasteiger charge is -2.22. The summed E-state index contributed by atoms with van der Waals surface area (Å²) in [5.74, 6) is 0.241. The molecule has 4 aromatic rings. The number of carbonyl (C=O) groups is 1. The van der Waals surface area contributed by atoms with Gasteiger partial charge in [-0.1, -0.05) is 48.9 Å². The van der Waals surface area contributed by atoms with E-state index in [1.54, 1.807) is 18.2 Å². The number of halogens is 1. The van der Waals surface area contributed by atoms with E-state index < -0.39 is 11.9 Å². The summed E-state index contributed by atoms with van der Waals surface area (Å²) in [6.45, 7) is 4.56. The van der Waals surface area contributed by atoms with Crippen molar-refractivity contribution >= 4 is 44.9 Å². The average Bonchev–Trinajstić information content (AvgIpc) is 3.41. The van der Waals surface area contributed by atoms with Gasteiger partial charge < -0.3 is 9.15 Å². The van der Waals surface area contributed by atoms with Gasteiger partial charge in [-0.05, 0) is 48.7 Å². The van der Waals surface area contributed by atoms with Crippen molar-refractivity contribution in [1.29, 1.82) is 0 Å². The highest BCUT2D eigenvalue weighted by Gasteiger charge is 2.45. The molecule has 9 heteroatoms. The zero-order valence-electron chi connectivity index (χ0n) is 18.0. The van der Waals surface area contributed by atoms with E-state index >= 15 is 0 Å². The van der Waals surface area contributed by atoms with Gasteiger partial charge in [0.1, 0.15) is 16.3 Å². The normalized spacial score (nSPS) is 15.3. The number of rotatable bonds is 6. The van der Waals surface area contributed by atoms with Crippen LogP contribution in [0.1, 0.15) is 53.0 Å². The van der Waals surface area contributed by atoms with Gasteiger partial charge in [-0.25, -0.2) is 0 Å². The number of hydrogen-bond donors (Lipinski definition) is 0. The summed E-state index contributed by atoms with van der Waals surface area (Å²) in [7, 11) is 0. The van der Waals surface area contributed by atoms with Crippen LogP contribution in [0.2, 0.25) is 5.02 Å². The summed E-state index contributed by atoms with van der Waals surface area (Å²) in [4.78, 5) is 28.7. The quantitative estimate of drug-likeness (QED) is 0.366. The molecule has 1 amide bonds. The van der Waals surface area contributed by atoms with Crippen molar-refractivity contribution < 1.29 is 13.9 Å². The lowest BCUT2D eigenvalue weighted by Crippen LogP contribution is -2.29. The Morgan fingerprint density at radius 2 is 2.00 bits per heavy atom. The highest BCUT2D eigenvalue weighted by atomic mass is 35.5. The van der Waals surface area contributed by atoms with Gasteiger partial charge in [0.15, 0.2) is 5.43 Å². The second-order valence-corrected chi connectivity index (χ2v) is 9.12. The van der Waals surface area contributed by atoms with E-state index in [-0.39, 0.29) is 16.8 Å². The summed E-state index contributed by atoms with van der Waals surface area (Å²) < 4.78 is 11.8. The van der Waals surface area contributed by atoms with Crippen molar-refractivity contribution in [2.75, 3.05) is 11.5 Å². The maximum atomic E-state index is 13.6. The zero-order chi connectivity index (χ0) is 23.1. The molecule has 1 unspecified atom stereocenters. The van der Waals surface area contributed by atoms with Crippen LogP contribution in [0.25, 0.3) is 11.0 Å². The monoisotopic (exact) mass is 481 g/mol. The molecule has 7 nitrogen and oxygen atoms in total. The maximum absolute atomic E-state index is 13.6. The Balaban J connectivity index is 1.75. The Kier molecular flexibility index (Phi) is 5.64. The van der Waals surface area contributed by atoms with E-state index in [0.29, 0.717) is 39.9 Å². The molecular weight excluding hydrogens is 462 g/mol. The van der Waals surface area contributed by atoms with Gasteiger partial charge in [0.25, 0.3) is 5.91 Å². The summed E-state index contributed by atoms with van der Waals surface area (Å²) >= 11 is 7.47. The third kappa shape index (κ3) is 3.69. The van der Waals surface area contributed by atoms with Gasteiger partial charge in [0.2, 0.25) is 10.9 Å². The molecule has 3 heterocycles. The Labute approximate surface area is 198 Å². The molecule has 2 aromatic carbocycles. The number of aromatic nitrogens is 2. The predicted molar refractivity (Wildman–Crippen MR) is 128 cm³/mol. The molecule has 2 aromatic heterocycles. The van der Waals surface area contributed by atoms with Crippen molar-refractivity contribution in [2.45, 2.75) is 32.7 Å². The van der Waals surface area contributed by atoms with Gasteiger partial charge in [0, 0.05) is 5.02 Å². The Morgan fingerprint density at radius 1 is 1.15 bits per heavy atom. The van der Waals surface area contributed by atoms with Crippen LogP contribution < -0.4 is 15.1 Å². The molecule has 168 valence electrons. The number of ether oxygens (including phenoxy) is 1. The highest BCUT2D eigenvalue weighted by Crippen LogP contribution is 2.42. The van der Waals surface area contributed by atoms with Gasteiger partial charge in [0.05, 0.1) is 23.6 Å². The first-order valence-electron chi connectivity index (χ1n) is 10.7. The SMILES string of the molecule is CCCOc1cccc(C2c3c(oc4ccc(Cl)cc4c3=O)C(=O)N2c2nnc(CC)s2)c1. The van der Waals surface area contributed by atoms with E-state index in [0.717, 1.165) is 17.0 Å². The number of amides is 1. The molecule has 1 aliphatic rings.